The zero-order valence-corrected chi connectivity index (χ0v) is 10.00. The van der Waals surface area contributed by atoms with Gasteiger partial charge in [-0.1, -0.05) is 42.5 Å². The van der Waals surface area contributed by atoms with Crippen molar-refractivity contribution in [3.8, 4) is 5.75 Å². The summed E-state index contributed by atoms with van der Waals surface area (Å²) < 4.78 is 5.16. The third-order valence-electron chi connectivity index (χ3n) is 2.91. The number of carbonyl (C=O) groups is 2. The first kappa shape index (κ1) is 11.4. The maximum atomic E-state index is 12.3. The van der Waals surface area contributed by atoms with E-state index in [4.69, 9.17) is 4.74 Å². The van der Waals surface area contributed by atoms with Crippen molar-refractivity contribution in [2.45, 2.75) is 0 Å². The Kier molecular flexibility index (Phi) is 2.72. The lowest BCUT2D eigenvalue weighted by Gasteiger charge is -2.16. The van der Waals surface area contributed by atoms with Crippen molar-refractivity contribution < 1.29 is 14.3 Å². The highest BCUT2D eigenvalue weighted by Crippen LogP contribution is 2.28. The molecular formula is C16H10O3. The van der Waals surface area contributed by atoms with Gasteiger partial charge in [0, 0.05) is 0 Å². The Morgan fingerprint density at radius 1 is 0.842 bits per heavy atom. The molecule has 0 aromatic heterocycles. The quantitative estimate of drug-likeness (QED) is 0.338. The van der Waals surface area contributed by atoms with Gasteiger partial charge in [0.05, 0.1) is 5.56 Å². The Balaban J connectivity index is 2.07. The molecule has 0 saturated carbocycles. The van der Waals surface area contributed by atoms with Crippen molar-refractivity contribution in [1.29, 1.82) is 0 Å². The van der Waals surface area contributed by atoms with Crippen LogP contribution in [-0.2, 0) is 4.79 Å². The summed E-state index contributed by atoms with van der Waals surface area (Å²) in [7, 11) is 0. The molecule has 0 atom stereocenters. The number of Topliss-reactive ketones (excluding diaryl/α,β-unsaturated/α-hetero) is 1. The van der Waals surface area contributed by atoms with Gasteiger partial charge in [-0.25, -0.2) is 4.79 Å². The normalized spacial score (nSPS) is 16.1. The summed E-state index contributed by atoms with van der Waals surface area (Å²) in [5.41, 5.74) is 1.27. The zero-order chi connectivity index (χ0) is 13.2. The minimum Gasteiger partial charge on any atom is -0.422 e. The minimum atomic E-state index is -0.604. The molecule has 1 aliphatic heterocycles. The molecule has 2 aromatic rings. The van der Waals surface area contributed by atoms with E-state index in [2.05, 4.69) is 0 Å². The summed E-state index contributed by atoms with van der Waals surface area (Å²) in [6, 6.07) is 16.0. The summed E-state index contributed by atoms with van der Waals surface area (Å²) in [5, 5.41) is 0. The second kappa shape index (κ2) is 4.53. The van der Waals surface area contributed by atoms with Crippen molar-refractivity contribution in [1.82, 2.24) is 0 Å². The Hall–Kier alpha value is -2.68. The molecule has 19 heavy (non-hydrogen) atoms. The Morgan fingerprint density at radius 3 is 2.32 bits per heavy atom. The minimum absolute atomic E-state index is 0.0601. The molecule has 1 aliphatic rings. The van der Waals surface area contributed by atoms with Gasteiger partial charge in [0.1, 0.15) is 11.3 Å². The van der Waals surface area contributed by atoms with Gasteiger partial charge in [-0.15, -0.1) is 0 Å². The van der Waals surface area contributed by atoms with Gasteiger partial charge in [0.2, 0.25) is 5.78 Å². The van der Waals surface area contributed by atoms with E-state index in [1.54, 1.807) is 30.3 Å². The van der Waals surface area contributed by atoms with Crippen molar-refractivity contribution >= 4 is 17.8 Å². The highest BCUT2D eigenvalue weighted by Gasteiger charge is 2.30. The highest BCUT2D eigenvalue weighted by atomic mass is 16.5. The summed E-state index contributed by atoms with van der Waals surface area (Å²) >= 11 is 0. The van der Waals surface area contributed by atoms with Crippen LogP contribution < -0.4 is 4.74 Å². The van der Waals surface area contributed by atoms with E-state index in [9.17, 15) is 9.59 Å². The topological polar surface area (TPSA) is 43.4 Å². The Bertz CT molecular complexity index is 684. The van der Waals surface area contributed by atoms with E-state index in [-0.39, 0.29) is 11.4 Å². The monoisotopic (exact) mass is 250 g/mol. The van der Waals surface area contributed by atoms with Crippen LogP contribution in [0.25, 0.3) is 6.08 Å². The van der Waals surface area contributed by atoms with Crippen LogP contribution in [-0.4, -0.2) is 11.8 Å². The van der Waals surface area contributed by atoms with Crippen LogP contribution in [0.5, 0.6) is 5.75 Å². The summed E-state index contributed by atoms with van der Waals surface area (Å²) in [5.74, 6) is -0.578. The molecule has 0 aliphatic carbocycles. The first-order valence-electron chi connectivity index (χ1n) is 5.88. The number of hydrogen-bond acceptors (Lipinski definition) is 3. The van der Waals surface area contributed by atoms with Gasteiger partial charge in [0.15, 0.2) is 0 Å². The number of esters is 1. The van der Waals surface area contributed by atoms with E-state index in [1.165, 1.54) is 0 Å². The average molecular weight is 250 g/mol. The molecule has 0 saturated heterocycles. The number of benzene rings is 2. The second-order valence-corrected chi connectivity index (χ2v) is 4.18. The molecule has 0 spiro atoms. The Morgan fingerprint density at radius 2 is 1.53 bits per heavy atom. The third kappa shape index (κ3) is 2.06. The number of ketones is 1. The number of ether oxygens (including phenoxy) is 1. The molecule has 92 valence electrons. The SMILES string of the molecule is O=C1Oc2ccccc2C(=O)/C1=C/c1ccccc1. The second-order valence-electron chi connectivity index (χ2n) is 4.18. The molecule has 0 bridgehead atoms. The maximum absolute atomic E-state index is 12.3. The standard InChI is InChI=1S/C16H10O3/c17-15-12-8-4-5-9-14(12)19-16(18)13(15)10-11-6-2-1-3-7-11/h1-10H/b13-10-. The lowest BCUT2D eigenvalue weighted by molar-refractivity contribution is -0.130. The molecule has 3 rings (SSSR count). The first-order valence-corrected chi connectivity index (χ1v) is 5.88. The van der Waals surface area contributed by atoms with Gasteiger partial charge in [-0.05, 0) is 23.8 Å². The van der Waals surface area contributed by atoms with Gasteiger partial charge < -0.3 is 4.74 Å². The molecule has 0 radical (unpaired) electrons. The molecule has 3 nitrogen and oxygen atoms in total. The first-order chi connectivity index (χ1) is 9.25. The lowest BCUT2D eigenvalue weighted by atomic mass is 9.98. The summed E-state index contributed by atoms with van der Waals surface area (Å²) in [6.45, 7) is 0. The smallest absolute Gasteiger partial charge is 0.347 e. The molecule has 0 amide bonds. The molecule has 0 unspecified atom stereocenters. The van der Waals surface area contributed by atoms with Crippen LogP contribution in [0.1, 0.15) is 15.9 Å². The predicted molar refractivity (Wildman–Crippen MR) is 70.8 cm³/mol. The van der Waals surface area contributed by atoms with E-state index >= 15 is 0 Å². The van der Waals surface area contributed by atoms with E-state index < -0.39 is 5.97 Å². The van der Waals surface area contributed by atoms with E-state index in [0.29, 0.717) is 11.3 Å². The number of carbonyl (C=O) groups excluding carboxylic acids is 2. The van der Waals surface area contributed by atoms with Crippen LogP contribution in [0.4, 0.5) is 0 Å². The maximum Gasteiger partial charge on any atom is 0.347 e. The Labute approximate surface area is 110 Å². The van der Waals surface area contributed by atoms with Crippen molar-refractivity contribution in [2.75, 3.05) is 0 Å². The molecule has 0 fully saturated rings. The largest absolute Gasteiger partial charge is 0.422 e. The average Bonchev–Trinajstić information content (AvgIpc) is 2.45. The van der Waals surface area contributed by atoms with Crippen LogP contribution in [0.3, 0.4) is 0 Å². The number of fused-ring (bicyclic) bond motifs is 1. The van der Waals surface area contributed by atoms with Gasteiger partial charge in [0.25, 0.3) is 0 Å². The number of rotatable bonds is 1. The van der Waals surface area contributed by atoms with E-state index in [0.717, 1.165) is 5.56 Å². The van der Waals surface area contributed by atoms with Gasteiger partial charge >= 0.3 is 5.97 Å². The number of para-hydroxylation sites is 1. The molecular weight excluding hydrogens is 240 g/mol. The van der Waals surface area contributed by atoms with Crippen molar-refractivity contribution in [3.05, 3.63) is 71.3 Å². The van der Waals surface area contributed by atoms with Crippen LogP contribution in [0.2, 0.25) is 0 Å². The fraction of sp³-hybridized carbons (Fsp3) is 0. The van der Waals surface area contributed by atoms with Crippen LogP contribution in [0.15, 0.2) is 60.2 Å². The third-order valence-corrected chi connectivity index (χ3v) is 2.91. The fourth-order valence-electron chi connectivity index (χ4n) is 1.98. The molecule has 1 heterocycles. The fourth-order valence-corrected chi connectivity index (χ4v) is 1.98. The van der Waals surface area contributed by atoms with Crippen molar-refractivity contribution in [3.63, 3.8) is 0 Å². The summed E-state index contributed by atoms with van der Waals surface area (Å²) in [4.78, 5) is 24.1. The number of hydrogen-bond donors (Lipinski definition) is 0. The van der Waals surface area contributed by atoms with Crippen LogP contribution >= 0.6 is 0 Å². The lowest BCUT2D eigenvalue weighted by Crippen LogP contribution is -2.24. The van der Waals surface area contributed by atoms with Crippen molar-refractivity contribution in [2.24, 2.45) is 0 Å². The zero-order valence-electron chi connectivity index (χ0n) is 10.00. The molecule has 3 heteroatoms. The highest BCUT2D eigenvalue weighted by molar-refractivity contribution is 6.30. The molecule has 2 aromatic carbocycles. The van der Waals surface area contributed by atoms with E-state index in [1.807, 2.05) is 30.3 Å². The predicted octanol–water partition coefficient (Wildman–Crippen LogP) is 2.87. The van der Waals surface area contributed by atoms with Crippen LogP contribution in [0, 0.1) is 0 Å². The summed E-state index contributed by atoms with van der Waals surface area (Å²) in [6.07, 6.45) is 1.56. The van der Waals surface area contributed by atoms with Gasteiger partial charge in [-0.3, -0.25) is 4.79 Å². The molecule has 0 N–H and O–H groups in total. The van der Waals surface area contributed by atoms with Gasteiger partial charge in [-0.2, -0.15) is 0 Å².